The molecule has 0 spiro atoms. The van der Waals surface area contributed by atoms with Gasteiger partial charge in [-0.3, -0.25) is 0 Å². The molecule has 2 aromatic carbocycles. The summed E-state index contributed by atoms with van der Waals surface area (Å²) < 4.78 is 13.4. The molecule has 10 heteroatoms. The van der Waals surface area contributed by atoms with Gasteiger partial charge in [-0.15, -0.1) is 0 Å². The molecule has 0 heterocycles. The normalized spacial score (nSPS) is 11.6. The van der Waals surface area contributed by atoms with Crippen molar-refractivity contribution >= 4 is 79.8 Å². The van der Waals surface area contributed by atoms with Crippen molar-refractivity contribution in [1.82, 2.24) is 5.32 Å². The Balaban J connectivity index is 2.14. The Kier molecular flexibility index (Phi) is 10.2. The molecule has 0 saturated carbocycles. The Hall–Kier alpha value is -1.03. The second-order valence-electron chi connectivity index (χ2n) is 6.30. The number of hydrogen-bond donors (Lipinski definition) is 3. The highest BCUT2D eigenvalue weighted by Crippen LogP contribution is 2.35. The number of phenols is 1. The zero-order valence-electron chi connectivity index (χ0n) is 16.0. The second-order valence-corrected chi connectivity index (χ2v) is 9.62. The van der Waals surface area contributed by atoms with Crippen LogP contribution >= 0.6 is 67.8 Å². The topological polar surface area (TPSA) is 105 Å². The van der Waals surface area contributed by atoms with E-state index in [0.717, 1.165) is 29.1 Å². The first kappa shape index (κ1) is 25.2. The van der Waals surface area contributed by atoms with Crippen molar-refractivity contribution in [1.29, 1.82) is 0 Å². The summed E-state index contributed by atoms with van der Waals surface area (Å²) in [5.74, 6) is 0.250. The van der Waals surface area contributed by atoms with Gasteiger partial charge in [0, 0.05) is 9.99 Å². The maximum Gasteiger partial charge on any atom is 0.407 e. The number of carbonyl (C=O) groups excluding carboxylic acids is 1. The average Bonchev–Trinajstić information content (AvgIpc) is 2.68. The minimum Gasteiger partial charge on any atom is -0.508 e. The number of carboxylic acids is 1. The third kappa shape index (κ3) is 7.28. The van der Waals surface area contributed by atoms with Crippen molar-refractivity contribution in [3.05, 3.63) is 46.6 Å². The molecule has 0 aromatic heterocycles. The lowest BCUT2D eigenvalue weighted by Crippen LogP contribution is -2.42. The maximum atomic E-state index is 11.8. The molecule has 30 heavy (non-hydrogen) atoms. The first-order valence-corrected chi connectivity index (χ1v) is 12.3. The van der Waals surface area contributed by atoms with Crippen LogP contribution in [0.4, 0.5) is 4.79 Å². The molecule has 162 valence electrons. The number of benzene rings is 2. The fourth-order valence-electron chi connectivity index (χ4n) is 2.41. The van der Waals surface area contributed by atoms with Gasteiger partial charge in [0.25, 0.3) is 0 Å². The molecule has 0 radical (unpaired) electrons. The number of hydrogen-bond acceptors (Lipinski definition) is 5. The van der Waals surface area contributed by atoms with E-state index in [1.807, 2.05) is 6.92 Å². The molecule has 0 saturated heterocycles. The number of halogens is 3. The van der Waals surface area contributed by atoms with Crippen LogP contribution in [0.2, 0.25) is 0 Å². The van der Waals surface area contributed by atoms with Crippen molar-refractivity contribution in [2.75, 3.05) is 6.61 Å². The summed E-state index contributed by atoms with van der Waals surface area (Å²) in [6, 6.07) is 7.28. The van der Waals surface area contributed by atoms with E-state index in [2.05, 4.69) is 73.1 Å². The lowest BCUT2D eigenvalue weighted by molar-refractivity contribution is -0.139. The first-order valence-electron chi connectivity index (χ1n) is 9.02. The summed E-state index contributed by atoms with van der Waals surface area (Å²) in [5, 5.41) is 21.5. The summed E-state index contributed by atoms with van der Waals surface area (Å²) in [4.78, 5) is 23.5. The van der Waals surface area contributed by atoms with Gasteiger partial charge in [0.15, 0.2) is 0 Å². The van der Waals surface area contributed by atoms with Crippen LogP contribution in [-0.4, -0.2) is 34.9 Å². The van der Waals surface area contributed by atoms with Crippen molar-refractivity contribution in [3.63, 3.8) is 0 Å². The number of aromatic hydroxyl groups is 1. The summed E-state index contributed by atoms with van der Waals surface area (Å²) in [5.41, 5.74) is 0.772. The molecule has 2 rings (SSSR count). The lowest BCUT2D eigenvalue weighted by Gasteiger charge is -2.17. The van der Waals surface area contributed by atoms with Crippen molar-refractivity contribution in [2.24, 2.45) is 0 Å². The molecule has 2 aromatic rings. The monoisotopic (exact) mass is 751 g/mol. The van der Waals surface area contributed by atoms with Gasteiger partial charge >= 0.3 is 12.1 Å². The van der Waals surface area contributed by atoms with Crippen LogP contribution in [0.3, 0.4) is 0 Å². The molecule has 0 aliphatic rings. The fourth-order valence-corrected chi connectivity index (χ4v) is 4.32. The van der Waals surface area contributed by atoms with Gasteiger partial charge in [-0.1, -0.05) is 19.4 Å². The quantitative estimate of drug-likeness (QED) is 0.231. The summed E-state index contributed by atoms with van der Waals surface area (Å²) in [6.07, 6.45) is 0.984. The van der Waals surface area contributed by atoms with E-state index in [9.17, 15) is 19.8 Å². The number of phenolic OH excluding ortho intramolecular Hbond substituents is 1. The predicted molar refractivity (Wildman–Crippen MR) is 137 cm³/mol. The van der Waals surface area contributed by atoms with Crippen LogP contribution in [0.5, 0.6) is 17.2 Å². The van der Waals surface area contributed by atoms with E-state index < -0.39 is 18.1 Å². The average molecular weight is 751 g/mol. The molecule has 7 nitrogen and oxygen atoms in total. The molecular weight excluding hydrogens is 731 g/mol. The number of amides is 1. The van der Waals surface area contributed by atoms with E-state index in [1.54, 1.807) is 30.3 Å². The Labute approximate surface area is 215 Å². The fraction of sp³-hybridized carbons (Fsp3) is 0.300. The molecule has 3 N–H and O–H groups in total. The number of unbranched alkanes of at least 4 members (excludes halogenated alkanes) is 1. The third-order valence-corrected chi connectivity index (χ3v) is 8.19. The van der Waals surface area contributed by atoms with Crippen LogP contribution in [0, 0.1) is 10.7 Å². The molecule has 0 aliphatic carbocycles. The van der Waals surface area contributed by atoms with Crippen LogP contribution in [-0.2, 0) is 16.0 Å². The number of carbonyl (C=O) groups is 2. The Morgan fingerprint density at radius 1 is 1.10 bits per heavy atom. The highest BCUT2D eigenvalue weighted by Gasteiger charge is 2.23. The molecule has 0 fully saturated rings. The van der Waals surface area contributed by atoms with Crippen LogP contribution in [0.1, 0.15) is 25.3 Å². The lowest BCUT2D eigenvalue weighted by atomic mass is 10.1. The SMILES string of the molecule is CCCCOC(=O)NC(Cc1ccc(Oc2ccc(O)cc2I)c(I)c1I)C(=O)O. The molecule has 0 aliphatic heterocycles. The van der Waals surface area contributed by atoms with Gasteiger partial charge in [-0.05, 0) is 104 Å². The smallest absolute Gasteiger partial charge is 0.407 e. The van der Waals surface area contributed by atoms with Gasteiger partial charge in [0.05, 0.1) is 13.7 Å². The molecular formula is C20H20I3NO6. The van der Waals surface area contributed by atoms with Crippen LogP contribution < -0.4 is 10.1 Å². The Morgan fingerprint density at radius 3 is 2.43 bits per heavy atom. The largest absolute Gasteiger partial charge is 0.508 e. The molecule has 1 unspecified atom stereocenters. The van der Waals surface area contributed by atoms with E-state index in [4.69, 9.17) is 9.47 Å². The zero-order valence-corrected chi connectivity index (χ0v) is 22.4. The van der Waals surface area contributed by atoms with Gasteiger partial charge in [0.1, 0.15) is 23.3 Å². The van der Waals surface area contributed by atoms with E-state index in [-0.39, 0.29) is 18.8 Å². The van der Waals surface area contributed by atoms with Crippen molar-refractivity contribution < 1.29 is 29.3 Å². The number of aliphatic carboxylic acids is 1. The van der Waals surface area contributed by atoms with Gasteiger partial charge in [-0.25, -0.2) is 9.59 Å². The van der Waals surface area contributed by atoms with Crippen LogP contribution in [0.25, 0.3) is 0 Å². The summed E-state index contributed by atoms with van der Waals surface area (Å²) >= 11 is 6.36. The standard InChI is InChI=1S/C20H20I3NO6/c1-2-3-8-29-20(28)24-14(19(26)27)9-11-4-6-16(18(23)17(11)22)30-15-7-5-12(25)10-13(15)21/h4-7,10,14,25H,2-3,8-9H2,1H3,(H,24,28)(H,26,27). The minimum absolute atomic E-state index is 0.115. The van der Waals surface area contributed by atoms with Crippen molar-refractivity contribution in [2.45, 2.75) is 32.2 Å². The summed E-state index contributed by atoms with van der Waals surface area (Å²) in [6.45, 7) is 2.23. The molecule has 1 atom stereocenters. The number of nitrogens with one attached hydrogen (secondary N) is 1. The number of carboxylic acid groups (broad SMARTS) is 1. The number of rotatable bonds is 9. The number of alkyl carbamates (subject to hydrolysis) is 1. The van der Waals surface area contributed by atoms with E-state index in [0.29, 0.717) is 11.5 Å². The maximum absolute atomic E-state index is 11.8. The van der Waals surface area contributed by atoms with Gasteiger partial charge in [0.2, 0.25) is 0 Å². The highest BCUT2D eigenvalue weighted by atomic mass is 127. The Bertz CT molecular complexity index is 922. The molecule has 1 amide bonds. The zero-order chi connectivity index (χ0) is 22.3. The minimum atomic E-state index is -1.13. The first-order chi connectivity index (χ1) is 14.2. The van der Waals surface area contributed by atoms with Crippen molar-refractivity contribution in [3.8, 4) is 17.2 Å². The second kappa shape index (κ2) is 12.1. The van der Waals surface area contributed by atoms with Crippen LogP contribution in [0.15, 0.2) is 30.3 Å². The molecule has 0 bridgehead atoms. The predicted octanol–water partition coefficient (Wildman–Crippen LogP) is 5.52. The van der Waals surface area contributed by atoms with E-state index >= 15 is 0 Å². The Morgan fingerprint density at radius 2 is 1.80 bits per heavy atom. The van der Waals surface area contributed by atoms with Gasteiger partial charge in [-0.2, -0.15) is 0 Å². The number of ether oxygens (including phenoxy) is 2. The van der Waals surface area contributed by atoms with E-state index in [1.165, 1.54) is 0 Å². The third-order valence-electron chi connectivity index (χ3n) is 4.01. The highest BCUT2D eigenvalue weighted by molar-refractivity contribution is 14.1. The summed E-state index contributed by atoms with van der Waals surface area (Å²) in [7, 11) is 0. The van der Waals surface area contributed by atoms with Gasteiger partial charge < -0.3 is 25.0 Å².